The molecule has 0 aromatic heterocycles. The van der Waals surface area contributed by atoms with Gasteiger partial charge >= 0.3 is 0 Å². The van der Waals surface area contributed by atoms with Crippen molar-refractivity contribution in [3.63, 3.8) is 0 Å². The van der Waals surface area contributed by atoms with Crippen molar-refractivity contribution in [2.45, 2.75) is 60.4 Å². The molecule has 1 fully saturated rings. The molecule has 0 saturated carbocycles. The summed E-state index contributed by atoms with van der Waals surface area (Å²) in [6.45, 7) is 12.4. The van der Waals surface area contributed by atoms with Crippen LogP contribution in [0.2, 0.25) is 0 Å². The number of carbonyl (C=O) groups excluding carboxylic acids is 2. The Morgan fingerprint density at radius 1 is 0.833 bits per heavy atom. The molecule has 0 radical (unpaired) electrons. The molecule has 2 unspecified atom stereocenters. The van der Waals surface area contributed by atoms with Crippen molar-refractivity contribution in [3.8, 4) is 0 Å². The Morgan fingerprint density at radius 3 is 1.39 bits per heavy atom. The van der Waals surface area contributed by atoms with Gasteiger partial charge in [-0.3, -0.25) is 14.5 Å². The van der Waals surface area contributed by atoms with Crippen LogP contribution in [0.25, 0.3) is 0 Å². The molecule has 1 rings (SSSR count). The molecule has 3 nitrogen and oxygen atoms in total. The van der Waals surface area contributed by atoms with Crippen molar-refractivity contribution in [3.05, 3.63) is 0 Å². The molecule has 0 N–H and O–H groups in total. The van der Waals surface area contributed by atoms with Crippen LogP contribution < -0.4 is 0 Å². The third-order valence-corrected chi connectivity index (χ3v) is 4.14. The van der Waals surface area contributed by atoms with Gasteiger partial charge in [0.05, 0.1) is 0 Å². The first-order valence-corrected chi connectivity index (χ1v) is 7.10. The van der Waals surface area contributed by atoms with Crippen molar-refractivity contribution in [2.24, 2.45) is 23.7 Å². The molecule has 1 heterocycles. The summed E-state index contributed by atoms with van der Waals surface area (Å²) in [5.74, 6) is 1.56. The van der Waals surface area contributed by atoms with Crippen LogP contribution in [0.1, 0.15) is 54.4 Å². The maximum Gasteiger partial charge on any atom is 0.229 e. The zero-order chi connectivity index (χ0) is 14.0. The van der Waals surface area contributed by atoms with Gasteiger partial charge in [-0.15, -0.1) is 0 Å². The van der Waals surface area contributed by atoms with Gasteiger partial charge in [-0.2, -0.15) is 0 Å². The van der Waals surface area contributed by atoms with E-state index in [9.17, 15) is 9.59 Å². The van der Waals surface area contributed by atoms with Crippen molar-refractivity contribution in [2.75, 3.05) is 0 Å². The minimum Gasteiger partial charge on any atom is -0.280 e. The molecular formula is C15H27NO2. The standard InChI is InChI=1S/C15H27NO2/c1-9(2)12-7-14(17)16(11(5)6)15(18)8-13(12)10(3)4/h9-13H,7-8H2,1-6H3. The summed E-state index contributed by atoms with van der Waals surface area (Å²) in [6.07, 6.45) is 1.04. The third-order valence-electron chi connectivity index (χ3n) is 4.14. The fourth-order valence-corrected chi connectivity index (χ4v) is 3.08. The van der Waals surface area contributed by atoms with Crippen molar-refractivity contribution in [1.29, 1.82) is 0 Å². The van der Waals surface area contributed by atoms with E-state index >= 15 is 0 Å². The average Bonchev–Trinajstić information content (AvgIpc) is 2.34. The molecule has 0 spiro atoms. The minimum atomic E-state index is -0.0243. The minimum absolute atomic E-state index is 0.0110. The smallest absolute Gasteiger partial charge is 0.229 e. The number of nitrogens with zero attached hydrogens (tertiary/aromatic N) is 1. The summed E-state index contributed by atoms with van der Waals surface area (Å²) < 4.78 is 0. The summed E-state index contributed by atoms with van der Waals surface area (Å²) in [5.41, 5.74) is 0. The topological polar surface area (TPSA) is 37.4 Å². The lowest BCUT2D eigenvalue weighted by molar-refractivity contribution is -0.146. The van der Waals surface area contributed by atoms with E-state index in [0.717, 1.165) is 0 Å². The average molecular weight is 253 g/mol. The second kappa shape index (κ2) is 5.85. The van der Waals surface area contributed by atoms with Gasteiger partial charge in [0.1, 0.15) is 0 Å². The van der Waals surface area contributed by atoms with E-state index in [-0.39, 0.29) is 17.9 Å². The molecule has 0 aromatic carbocycles. The molecule has 104 valence electrons. The van der Waals surface area contributed by atoms with Gasteiger partial charge in [0.2, 0.25) is 11.8 Å². The molecule has 2 amide bonds. The second-order valence-electron chi connectivity index (χ2n) is 6.48. The van der Waals surface area contributed by atoms with Crippen molar-refractivity contribution < 1.29 is 9.59 Å². The maximum absolute atomic E-state index is 12.3. The highest BCUT2D eigenvalue weighted by Gasteiger charge is 2.38. The Balaban J connectivity index is 3.04. The number of carbonyl (C=O) groups is 2. The first-order chi connectivity index (χ1) is 8.25. The highest BCUT2D eigenvalue weighted by molar-refractivity contribution is 5.96. The number of hydrogen-bond donors (Lipinski definition) is 0. The SMILES string of the molecule is CC(C)C1CC(=O)N(C(C)C)C(=O)CC1C(C)C. The second-order valence-corrected chi connectivity index (χ2v) is 6.48. The first-order valence-electron chi connectivity index (χ1n) is 7.10. The molecule has 18 heavy (non-hydrogen) atoms. The lowest BCUT2D eigenvalue weighted by Gasteiger charge is -2.29. The number of likely N-dealkylation sites (tertiary alicyclic amines) is 1. The van der Waals surface area contributed by atoms with Crippen LogP contribution in [0.15, 0.2) is 0 Å². The predicted octanol–water partition coefficient (Wildman–Crippen LogP) is 3.09. The lowest BCUT2D eigenvalue weighted by atomic mass is 9.74. The number of imide groups is 1. The van der Waals surface area contributed by atoms with E-state index < -0.39 is 0 Å². The highest BCUT2D eigenvalue weighted by Crippen LogP contribution is 2.36. The summed E-state index contributed by atoms with van der Waals surface area (Å²) in [7, 11) is 0. The summed E-state index contributed by atoms with van der Waals surface area (Å²) in [5, 5.41) is 0. The van der Waals surface area contributed by atoms with Gasteiger partial charge in [-0.25, -0.2) is 0 Å². The van der Waals surface area contributed by atoms with E-state index in [1.165, 1.54) is 4.90 Å². The monoisotopic (exact) mass is 253 g/mol. The third kappa shape index (κ3) is 3.12. The van der Waals surface area contributed by atoms with Gasteiger partial charge in [0.25, 0.3) is 0 Å². The molecular weight excluding hydrogens is 226 g/mol. The van der Waals surface area contributed by atoms with Crippen LogP contribution in [0.3, 0.4) is 0 Å². The molecule has 0 aliphatic carbocycles. The summed E-state index contributed by atoms with van der Waals surface area (Å²) in [6, 6.07) is -0.0243. The molecule has 1 aliphatic heterocycles. The normalized spacial score (nSPS) is 26.4. The predicted molar refractivity (Wildman–Crippen MR) is 72.9 cm³/mol. The largest absolute Gasteiger partial charge is 0.280 e. The van der Waals surface area contributed by atoms with Crippen LogP contribution in [0, 0.1) is 23.7 Å². The Hall–Kier alpha value is -0.860. The number of amides is 2. The summed E-state index contributed by atoms with van der Waals surface area (Å²) >= 11 is 0. The number of hydrogen-bond acceptors (Lipinski definition) is 2. The zero-order valence-electron chi connectivity index (χ0n) is 12.6. The molecule has 0 bridgehead atoms. The Labute approximate surface area is 111 Å². The summed E-state index contributed by atoms with van der Waals surface area (Å²) in [4.78, 5) is 26.0. The van der Waals surface area contributed by atoms with Gasteiger partial charge in [-0.1, -0.05) is 27.7 Å². The Kier molecular flexibility index (Phi) is 4.94. The van der Waals surface area contributed by atoms with Gasteiger partial charge in [0, 0.05) is 18.9 Å². The fourth-order valence-electron chi connectivity index (χ4n) is 3.08. The van der Waals surface area contributed by atoms with Crippen molar-refractivity contribution >= 4 is 11.8 Å². The van der Waals surface area contributed by atoms with E-state index in [0.29, 0.717) is 36.5 Å². The zero-order valence-corrected chi connectivity index (χ0v) is 12.6. The van der Waals surface area contributed by atoms with Crippen LogP contribution >= 0.6 is 0 Å². The van der Waals surface area contributed by atoms with Crippen LogP contribution in [-0.4, -0.2) is 22.8 Å². The Bertz CT molecular complexity index is 292. The van der Waals surface area contributed by atoms with Crippen LogP contribution in [0.4, 0.5) is 0 Å². The highest BCUT2D eigenvalue weighted by atomic mass is 16.2. The van der Waals surface area contributed by atoms with Crippen molar-refractivity contribution in [1.82, 2.24) is 4.90 Å². The fraction of sp³-hybridized carbons (Fsp3) is 0.867. The Morgan fingerprint density at radius 2 is 1.17 bits per heavy atom. The van der Waals surface area contributed by atoms with Crippen LogP contribution in [-0.2, 0) is 9.59 Å². The number of rotatable bonds is 3. The van der Waals surface area contributed by atoms with E-state index in [1.807, 2.05) is 13.8 Å². The van der Waals surface area contributed by atoms with Gasteiger partial charge < -0.3 is 0 Å². The molecule has 3 heteroatoms. The van der Waals surface area contributed by atoms with E-state index in [1.54, 1.807) is 0 Å². The lowest BCUT2D eigenvalue weighted by Crippen LogP contribution is -2.40. The van der Waals surface area contributed by atoms with Gasteiger partial charge in [-0.05, 0) is 37.5 Å². The van der Waals surface area contributed by atoms with Gasteiger partial charge in [0.15, 0.2) is 0 Å². The molecule has 0 aromatic rings. The quantitative estimate of drug-likeness (QED) is 0.725. The maximum atomic E-state index is 12.3. The van der Waals surface area contributed by atoms with Crippen LogP contribution in [0.5, 0.6) is 0 Å². The molecule has 1 aliphatic rings. The van der Waals surface area contributed by atoms with E-state index in [4.69, 9.17) is 0 Å². The van der Waals surface area contributed by atoms with E-state index in [2.05, 4.69) is 27.7 Å². The first kappa shape index (κ1) is 15.2. The molecule has 1 saturated heterocycles. The molecule has 2 atom stereocenters.